The Bertz CT molecular complexity index is 169. The lowest BCUT2D eigenvalue weighted by molar-refractivity contribution is -0.133. The van der Waals surface area contributed by atoms with Crippen LogP contribution >= 0.6 is 0 Å². The molecule has 0 unspecified atom stereocenters. The minimum Gasteiger partial charge on any atom is -0.478 e. The van der Waals surface area contributed by atoms with Crippen LogP contribution in [0.4, 0.5) is 0 Å². The van der Waals surface area contributed by atoms with Crippen molar-refractivity contribution in [3.05, 3.63) is 24.3 Å². The van der Waals surface area contributed by atoms with Gasteiger partial charge in [0.05, 0.1) is 0 Å². The van der Waals surface area contributed by atoms with Gasteiger partial charge in [0.25, 0.3) is 0 Å². The summed E-state index contributed by atoms with van der Waals surface area (Å²) in [6.45, 7) is 9.20. The summed E-state index contributed by atoms with van der Waals surface area (Å²) in [6, 6.07) is 0. The first-order valence-corrected chi connectivity index (χ1v) is 3.06. The predicted octanol–water partition coefficient (Wildman–Crippen LogP) is 0.469. The standard InChI is InChI=1S/2C4H6O2.H2O/c2*1-3(2)4(5)6;/h2*1H2,2H3,(H,5,6);1H2. The molecule has 13 heavy (non-hydrogen) atoms. The molecule has 5 nitrogen and oxygen atoms in total. The van der Waals surface area contributed by atoms with Crippen LogP contribution in [-0.2, 0) is 9.59 Å². The van der Waals surface area contributed by atoms with Crippen molar-refractivity contribution < 1.29 is 25.3 Å². The maximum absolute atomic E-state index is 9.60. The number of carboxylic acids is 2. The van der Waals surface area contributed by atoms with Gasteiger partial charge < -0.3 is 15.7 Å². The highest BCUT2D eigenvalue weighted by atomic mass is 16.4. The van der Waals surface area contributed by atoms with Gasteiger partial charge in [-0.25, -0.2) is 9.59 Å². The molecule has 0 aromatic heterocycles. The summed E-state index contributed by atoms with van der Waals surface area (Å²) in [6.07, 6.45) is 0. The minimum atomic E-state index is -0.935. The van der Waals surface area contributed by atoms with E-state index in [0.29, 0.717) is 0 Å². The number of carbonyl (C=O) groups is 2. The van der Waals surface area contributed by atoms with Gasteiger partial charge in [-0.3, -0.25) is 0 Å². The quantitative estimate of drug-likeness (QED) is 0.617. The van der Waals surface area contributed by atoms with Crippen LogP contribution in [0.15, 0.2) is 24.3 Å². The molecule has 0 aromatic rings. The molecule has 0 rings (SSSR count). The van der Waals surface area contributed by atoms with Crippen molar-refractivity contribution >= 4 is 11.9 Å². The van der Waals surface area contributed by atoms with Crippen LogP contribution in [0.25, 0.3) is 0 Å². The fourth-order valence-electron chi connectivity index (χ4n) is 0. The third kappa shape index (κ3) is 17.9. The lowest BCUT2D eigenvalue weighted by atomic mass is 10.4. The highest BCUT2D eigenvalue weighted by Gasteiger charge is 1.90. The predicted molar refractivity (Wildman–Crippen MR) is 48.5 cm³/mol. The summed E-state index contributed by atoms with van der Waals surface area (Å²) in [5, 5.41) is 15.8. The van der Waals surface area contributed by atoms with E-state index in [1.165, 1.54) is 13.8 Å². The minimum absolute atomic E-state index is 0. The fourth-order valence-corrected chi connectivity index (χ4v) is 0. The maximum atomic E-state index is 9.60. The van der Waals surface area contributed by atoms with Gasteiger partial charge in [0.2, 0.25) is 0 Å². The summed E-state index contributed by atoms with van der Waals surface area (Å²) in [4.78, 5) is 19.2. The Hall–Kier alpha value is -1.62. The van der Waals surface area contributed by atoms with E-state index < -0.39 is 11.9 Å². The van der Waals surface area contributed by atoms with E-state index in [4.69, 9.17) is 10.2 Å². The Morgan fingerprint density at radius 3 is 1.00 bits per heavy atom. The van der Waals surface area contributed by atoms with E-state index in [1.54, 1.807) is 0 Å². The lowest BCUT2D eigenvalue weighted by Crippen LogP contribution is -1.92. The molecule has 0 fully saturated rings. The second-order valence-electron chi connectivity index (χ2n) is 2.17. The van der Waals surface area contributed by atoms with E-state index >= 15 is 0 Å². The molecule has 0 aliphatic carbocycles. The fraction of sp³-hybridized carbons (Fsp3) is 0.250. The van der Waals surface area contributed by atoms with Crippen molar-refractivity contribution in [2.24, 2.45) is 0 Å². The molecule has 0 bridgehead atoms. The average Bonchev–Trinajstić information content (AvgIpc) is 1.88. The number of hydrogen-bond donors (Lipinski definition) is 2. The van der Waals surface area contributed by atoms with Gasteiger partial charge in [0, 0.05) is 11.1 Å². The first-order chi connectivity index (χ1) is 5.29. The number of carboxylic acid groups (broad SMARTS) is 2. The largest absolute Gasteiger partial charge is 0.478 e. The molecule has 0 radical (unpaired) electrons. The molecular weight excluding hydrogens is 176 g/mol. The maximum Gasteiger partial charge on any atom is 0.330 e. The monoisotopic (exact) mass is 190 g/mol. The zero-order valence-corrected chi connectivity index (χ0v) is 7.63. The second kappa shape index (κ2) is 8.48. The molecule has 4 N–H and O–H groups in total. The molecule has 0 saturated heterocycles. The van der Waals surface area contributed by atoms with Crippen molar-refractivity contribution in [1.29, 1.82) is 0 Å². The van der Waals surface area contributed by atoms with Crippen molar-refractivity contribution in [2.45, 2.75) is 13.8 Å². The van der Waals surface area contributed by atoms with Crippen LogP contribution in [0.1, 0.15) is 13.8 Å². The van der Waals surface area contributed by atoms with Crippen LogP contribution in [0.5, 0.6) is 0 Å². The van der Waals surface area contributed by atoms with Crippen LogP contribution in [0.2, 0.25) is 0 Å². The molecule has 0 saturated carbocycles. The summed E-state index contributed by atoms with van der Waals surface area (Å²) in [5.41, 5.74) is 0.352. The molecular formula is C8H14O5. The van der Waals surface area contributed by atoms with E-state index in [2.05, 4.69) is 13.2 Å². The molecule has 0 spiro atoms. The van der Waals surface area contributed by atoms with E-state index in [9.17, 15) is 9.59 Å². The number of aliphatic carboxylic acids is 2. The van der Waals surface area contributed by atoms with Crippen LogP contribution < -0.4 is 0 Å². The summed E-state index contributed by atoms with van der Waals surface area (Å²) >= 11 is 0. The molecule has 0 heterocycles. The highest BCUT2D eigenvalue weighted by molar-refractivity contribution is 5.85. The third-order valence-electron chi connectivity index (χ3n) is 0.730. The Labute approximate surface area is 76.3 Å². The first-order valence-electron chi connectivity index (χ1n) is 3.06. The molecule has 0 atom stereocenters. The van der Waals surface area contributed by atoms with Gasteiger partial charge >= 0.3 is 11.9 Å². The summed E-state index contributed by atoms with van der Waals surface area (Å²) < 4.78 is 0. The van der Waals surface area contributed by atoms with Gasteiger partial charge in [-0.15, -0.1) is 0 Å². The molecule has 0 aliphatic rings. The van der Waals surface area contributed by atoms with Crippen LogP contribution in [0, 0.1) is 0 Å². The average molecular weight is 190 g/mol. The number of rotatable bonds is 2. The summed E-state index contributed by atoms with van der Waals surface area (Å²) in [7, 11) is 0. The number of hydrogen-bond acceptors (Lipinski definition) is 2. The van der Waals surface area contributed by atoms with Gasteiger partial charge in [-0.1, -0.05) is 13.2 Å². The first kappa shape index (κ1) is 17.5. The third-order valence-corrected chi connectivity index (χ3v) is 0.730. The van der Waals surface area contributed by atoms with Crippen molar-refractivity contribution in [3.63, 3.8) is 0 Å². The smallest absolute Gasteiger partial charge is 0.330 e. The lowest BCUT2D eigenvalue weighted by Gasteiger charge is -1.79. The molecule has 0 aliphatic heterocycles. The van der Waals surface area contributed by atoms with Gasteiger partial charge in [-0.2, -0.15) is 0 Å². The summed E-state index contributed by atoms with van der Waals surface area (Å²) in [5.74, 6) is -1.87. The van der Waals surface area contributed by atoms with Gasteiger partial charge in [-0.05, 0) is 13.8 Å². The Kier molecular flexibility index (Phi) is 11.4. The second-order valence-corrected chi connectivity index (χ2v) is 2.17. The van der Waals surface area contributed by atoms with Crippen molar-refractivity contribution in [1.82, 2.24) is 0 Å². The van der Waals surface area contributed by atoms with Crippen LogP contribution in [-0.4, -0.2) is 27.6 Å². The molecule has 0 amide bonds. The normalized spacial score (nSPS) is 6.92. The SMILES string of the molecule is C=C(C)C(=O)O.C=C(C)C(=O)O.O. The Morgan fingerprint density at radius 1 is 0.923 bits per heavy atom. The molecule has 76 valence electrons. The Morgan fingerprint density at radius 2 is 1.00 bits per heavy atom. The van der Waals surface area contributed by atoms with Crippen LogP contribution in [0.3, 0.4) is 0 Å². The highest BCUT2D eigenvalue weighted by Crippen LogP contribution is 1.81. The van der Waals surface area contributed by atoms with Gasteiger partial charge in [0.15, 0.2) is 0 Å². The van der Waals surface area contributed by atoms with E-state index in [-0.39, 0.29) is 16.6 Å². The van der Waals surface area contributed by atoms with E-state index in [0.717, 1.165) is 0 Å². The molecule has 0 aromatic carbocycles. The van der Waals surface area contributed by atoms with Gasteiger partial charge in [0.1, 0.15) is 0 Å². The zero-order chi connectivity index (χ0) is 10.3. The van der Waals surface area contributed by atoms with E-state index in [1.807, 2.05) is 0 Å². The zero-order valence-electron chi connectivity index (χ0n) is 7.63. The molecule has 5 heteroatoms. The van der Waals surface area contributed by atoms with Crippen molar-refractivity contribution in [3.8, 4) is 0 Å². The van der Waals surface area contributed by atoms with Crippen molar-refractivity contribution in [2.75, 3.05) is 0 Å². The Balaban J connectivity index is -0.000000143. The topological polar surface area (TPSA) is 106 Å².